The van der Waals surface area contributed by atoms with Gasteiger partial charge in [-0.15, -0.1) is 0 Å². The summed E-state index contributed by atoms with van der Waals surface area (Å²) in [6.07, 6.45) is 12.2. The van der Waals surface area contributed by atoms with Gasteiger partial charge in [-0.2, -0.15) is 0 Å². The fourth-order valence-electron chi connectivity index (χ4n) is 2.38. The van der Waals surface area contributed by atoms with E-state index in [4.69, 9.17) is 0 Å². The highest BCUT2D eigenvalue weighted by Crippen LogP contribution is 2.32. The van der Waals surface area contributed by atoms with Gasteiger partial charge in [0, 0.05) is 11.5 Å². The molecule has 1 unspecified atom stereocenters. The summed E-state index contributed by atoms with van der Waals surface area (Å²) in [6.45, 7) is 4.30. The fourth-order valence-corrected chi connectivity index (χ4v) is 2.38. The first-order chi connectivity index (χ1) is 8.70. The van der Waals surface area contributed by atoms with Gasteiger partial charge in [0.15, 0.2) is 5.83 Å². The highest BCUT2D eigenvalue weighted by molar-refractivity contribution is 6.09. The molecule has 0 amide bonds. The number of ketones is 1. The van der Waals surface area contributed by atoms with E-state index in [9.17, 15) is 9.18 Å². The van der Waals surface area contributed by atoms with Crippen molar-refractivity contribution in [2.45, 2.75) is 65.2 Å². The van der Waals surface area contributed by atoms with Gasteiger partial charge < -0.3 is 0 Å². The van der Waals surface area contributed by atoms with Crippen LogP contribution in [-0.2, 0) is 4.79 Å². The molecule has 0 aliphatic heterocycles. The van der Waals surface area contributed by atoms with Crippen LogP contribution >= 0.6 is 0 Å². The molecule has 0 saturated carbocycles. The van der Waals surface area contributed by atoms with Crippen molar-refractivity contribution in [1.29, 1.82) is 0 Å². The number of unbranched alkanes of at least 4 members (excludes halogenated alkanes) is 5. The molecule has 0 N–H and O–H groups in total. The summed E-state index contributed by atoms with van der Waals surface area (Å²) >= 11 is 0. The molecule has 1 rings (SSSR count). The monoisotopic (exact) mass is 252 g/mol. The van der Waals surface area contributed by atoms with E-state index in [1.165, 1.54) is 25.3 Å². The SMILES string of the molecule is CCCCCC/C=C1\C(=O)C(F)=CC1CCCC. The molecule has 0 heterocycles. The van der Waals surface area contributed by atoms with Crippen LogP contribution in [0.4, 0.5) is 4.39 Å². The molecule has 0 bridgehead atoms. The maximum atomic E-state index is 13.3. The van der Waals surface area contributed by atoms with E-state index in [1.807, 2.05) is 6.08 Å². The summed E-state index contributed by atoms with van der Waals surface area (Å²) in [5, 5.41) is 0. The average Bonchev–Trinajstić information content (AvgIpc) is 2.63. The van der Waals surface area contributed by atoms with E-state index in [-0.39, 0.29) is 11.7 Å². The maximum absolute atomic E-state index is 13.3. The number of hydrogen-bond donors (Lipinski definition) is 0. The van der Waals surface area contributed by atoms with Crippen LogP contribution in [0.3, 0.4) is 0 Å². The molecule has 0 aromatic heterocycles. The van der Waals surface area contributed by atoms with Crippen molar-refractivity contribution in [3.05, 3.63) is 23.6 Å². The number of rotatable bonds is 8. The largest absolute Gasteiger partial charge is 0.286 e. The first kappa shape index (κ1) is 15.1. The Kier molecular flexibility index (Phi) is 6.92. The Balaban J connectivity index is 2.49. The van der Waals surface area contributed by atoms with Gasteiger partial charge in [-0.25, -0.2) is 4.39 Å². The highest BCUT2D eigenvalue weighted by atomic mass is 19.1. The summed E-state index contributed by atoms with van der Waals surface area (Å²) in [4.78, 5) is 11.7. The van der Waals surface area contributed by atoms with Crippen molar-refractivity contribution in [3.8, 4) is 0 Å². The second kappa shape index (κ2) is 8.23. The predicted molar refractivity (Wildman–Crippen MR) is 74.1 cm³/mol. The van der Waals surface area contributed by atoms with Crippen LogP contribution < -0.4 is 0 Å². The normalized spacial score (nSPS) is 21.7. The Hall–Kier alpha value is -0.920. The summed E-state index contributed by atoms with van der Waals surface area (Å²) in [5.74, 6) is -0.883. The minimum absolute atomic E-state index is 0.0311. The lowest BCUT2D eigenvalue weighted by molar-refractivity contribution is -0.113. The predicted octanol–water partition coefficient (Wildman–Crippen LogP) is 5.13. The van der Waals surface area contributed by atoms with Gasteiger partial charge in [-0.05, 0) is 25.3 Å². The Bertz CT molecular complexity index is 328. The Morgan fingerprint density at radius 1 is 1.17 bits per heavy atom. The number of carbonyl (C=O) groups excluding carboxylic acids is 1. The number of Topliss-reactive ketones (excluding diaryl/α,β-unsaturated/α-hetero) is 1. The van der Waals surface area contributed by atoms with Gasteiger partial charge in [0.2, 0.25) is 5.78 Å². The van der Waals surface area contributed by atoms with E-state index in [0.29, 0.717) is 5.57 Å². The minimum atomic E-state index is -0.545. The second-order valence-corrected chi connectivity index (χ2v) is 5.10. The zero-order chi connectivity index (χ0) is 13.4. The molecule has 0 aromatic rings. The van der Waals surface area contributed by atoms with Crippen LogP contribution in [0.1, 0.15) is 65.2 Å². The van der Waals surface area contributed by atoms with E-state index >= 15 is 0 Å². The molecule has 18 heavy (non-hydrogen) atoms. The molecule has 102 valence electrons. The third-order valence-corrected chi connectivity index (χ3v) is 3.52. The molecular formula is C16H25FO. The van der Waals surface area contributed by atoms with Crippen LogP contribution in [0, 0.1) is 5.92 Å². The lowest BCUT2D eigenvalue weighted by atomic mass is 9.95. The van der Waals surface area contributed by atoms with Gasteiger partial charge in [0.05, 0.1) is 0 Å². The van der Waals surface area contributed by atoms with Gasteiger partial charge in [-0.1, -0.05) is 52.0 Å². The zero-order valence-electron chi connectivity index (χ0n) is 11.7. The zero-order valence-corrected chi connectivity index (χ0v) is 11.7. The van der Waals surface area contributed by atoms with E-state index in [1.54, 1.807) is 0 Å². The van der Waals surface area contributed by atoms with Crippen LogP contribution in [0.2, 0.25) is 0 Å². The lowest BCUT2D eigenvalue weighted by Gasteiger charge is -2.08. The van der Waals surface area contributed by atoms with Crippen LogP contribution in [0.15, 0.2) is 23.6 Å². The van der Waals surface area contributed by atoms with Crippen molar-refractivity contribution >= 4 is 5.78 Å². The maximum Gasteiger partial charge on any atom is 0.217 e. The average molecular weight is 252 g/mol. The molecule has 0 aromatic carbocycles. The molecule has 2 heteroatoms. The number of allylic oxidation sites excluding steroid dienone is 4. The van der Waals surface area contributed by atoms with Crippen molar-refractivity contribution in [2.24, 2.45) is 5.92 Å². The molecule has 0 saturated heterocycles. The molecule has 1 atom stereocenters. The lowest BCUT2D eigenvalue weighted by Crippen LogP contribution is -2.04. The molecule has 1 aliphatic carbocycles. The summed E-state index contributed by atoms with van der Waals surface area (Å²) in [5.41, 5.74) is 0.706. The Labute approximate surface area is 110 Å². The highest BCUT2D eigenvalue weighted by Gasteiger charge is 2.29. The second-order valence-electron chi connectivity index (χ2n) is 5.10. The third kappa shape index (κ3) is 4.40. The molecule has 0 spiro atoms. The summed E-state index contributed by atoms with van der Waals surface area (Å²) < 4.78 is 13.3. The fraction of sp³-hybridized carbons (Fsp3) is 0.688. The smallest absolute Gasteiger partial charge is 0.217 e. The standard InChI is InChI=1S/C16H25FO/c1-3-5-7-8-9-11-14-13(10-6-4-2)12-15(17)16(14)18/h11-13H,3-10H2,1-2H3/b14-11-. The van der Waals surface area contributed by atoms with Crippen molar-refractivity contribution in [1.82, 2.24) is 0 Å². The van der Waals surface area contributed by atoms with Gasteiger partial charge in [-0.3, -0.25) is 4.79 Å². The molecule has 1 aliphatic rings. The van der Waals surface area contributed by atoms with E-state index in [0.717, 1.165) is 32.1 Å². The quantitative estimate of drug-likeness (QED) is 0.432. The van der Waals surface area contributed by atoms with Crippen molar-refractivity contribution in [2.75, 3.05) is 0 Å². The van der Waals surface area contributed by atoms with E-state index < -0.39 is 5.83 Å². The van der Waals surface area contributed by atoms with Gasteiger partial charge in [0.25, 0.3) is 0 Å². The van der Waals surface area contributed by atoms with Gasteiger partial charge in [0.1, 0.15) is 0 Å². The Morgan fingerprint density at radius 2 is 1.89 bits per heavy atom. The topological polar surface area (TPSA) is 17.1 Å². The van der Waals surface area contributed by atoms with Gasteiger partial charge >= 0.3 is 0 Å². The van der Waals surface area contributed by atoms with Crippen molar-refractivity contribution in [3.63, 3.8) is 0 Å². The van der Waals surface area contributed by atoms with Crippen LogP contribution in [-0.4, -0.2) is 5.78 Å². The number of hydrogen-bond acceptors (Lipinski definition) is 1. The first-order valence-electron chi connectivity index (χ1n) is 7.32. The Morgan fingerprint density at radius 3 is 2.56 bits per heavy atom. The summed E-state index contributed by atoms with van der Waals surface area (Å²) in [6, 6.07) is 0. The molecule has 1 nitrogen and oxygen atoms in total. The van der Waals surface area contributed by atoms with Crippen LogP contribution in [0.25, 0.3) is 0 Å². The number of halogens is 1. The number of carbonyl (C=O) groups is 1. The summed E-state index contributed by atoms with van der Waals surface area (Å²) in [7, 11) is 0. The molecule has 0 fully saturated rings. The van der Waals surface area contributed by atoms with E-state index in [2.05, 4.69) is 13.8 Å². The first-order valence-corrected chi connectivity index (χ1v) is 7.32. The minimum Gasteiger partial charge on any atom is -0.286 e. The van der Waals surface area contributed by atoms with Crippen molar-refractivity contribution < 1.29 is 9.18 Å². The van der Waals surface area contributed by atoms with Crippen LogP contribution in [0.5, 0.6) is 0 Å². The molecule has 0 radical (unpaired) electrons. The third-order valence-electron chi connectivity index (χ3n) is 3.52. The molecular weight excluding hydrogens is 227 g/mol.